The molecule has 0 aliphatic carbocycles. The fourth-order valence-corrected chi connectivity index (χ4v) is 4.27. The Bertz CT molecular complexity index is 1430. The van der Waals surface area contributed by atoms with Crippen molar-refractivity contribution in [3.8, 4) is 11.3 Å². The van der Waals surface area contributed by atoms with Gasteiger partial charge in [0.2, 0.25) is 0 Å². The van der Waals surface area contributed by atoms with Gasteiger partial charge in [-0.2, -0.15) is 0 Å². The average Bonchev–Trinajstić information content (AvgIpc) is 2.88. The summed E-state index contributed by atoms with van der Waals surface area (Å²) < 4.78 is 5.52. The second-order valence-corrected chi connectivity index (χ2v) is 9.78. The van der Waals surface area contributed by atoms with Gasteiger partial charge in [-0.1, -0.05) is 48.5 Å². The molecule has 0 fully saturated rings. The number of carbonyl (C=O) groups excluding carboxylic acids is 1. The third-order valence-corrected chi connectivity index (χ3v) is 5.93. The van der Waals surface area contributed by atoms with E-state index in [9.17, 15) is 4.79 Å². The van der Waals surface area contributed by atoms with E-state index in [0.717, 1.165) is 34.0 Å². The number of fused-ring (bicyclic) bond motifs is 1. The van der Waals surface area contributed by atoms with Crippen LogP contribution in [0.3, 0.4) is 0 Å². The SMILES string of the molecule is CC(C)(C)OC(=O)N1CC=C(c2cccc(-c3nc(Nc4cnccn4)cc4ccccc34)c2)CC1. The first-order chi connectivity index (χ1) is 17.4. The normalized spacial score (nSPS) is 13.9. The van der Waals surface area contributed by atoms with Crippen LogP contribution in [-0.4, -0.2) is 44.6 Å². The smallest absolute Gasteiger partial charge is 0.410 e. The van der Waals surface area contributed by atoms with Gasteiger partial charge in [-0.3, -0.25) is 4.98 Å². The number of amides is 1. The van der Waals surface area contributed by atoms with Gasteiger partial charge in [-0.05, 0) is 55.8 Å². The molecule has 2 aromatic carbocycles. The highest BCUT2D eigenvalue weighted by Crippen LogP contribution is 2.32. The van der Waals surface area contributed by atoms with Crippen molar-refractivity contribution < 1.29 is 9.53 Å². The number of carbonyl (C=O) groups is 1. The number of pyridine rings is 1. The van der Waals surface area contributed by atoms with Gasteiger partial charge in [0.15, 0.2) is 0 Å². The van der Waals surface area contributed by atoms with Crippen LogP contribution in [0.5, 0.6) is 0 Å². The molecule has 1 N–H and O–H groups in total. The van der Waals surface area contributed by atoms with E-state index in [0.29, 0.717) is 24.7 Å². The Kier molecular flexibility index (Phi) is 6.38. The maximum Gasteiger partial charge on any atom is 0.410 e. The predicted octanol–water partition coefficient (Wildman–Crippen LogP) is 6.46. The Hall–Kier alpha value is -4.26. The summed E-state index contributed by atoms with van der Waals surface area (Å²) in [6, 6.07) is 18.7. The van der Waals surface area contributed by atoms with Crippen LogP contribution in [0, 0.1) is 0 Å². The van der Waals surface area contributed by atoms with E-state index in [4.69, 9.17) is 9.72 Å². The molecule has 0 radical (unpaired) electrons. The van der Waals surface area contributed by atoms with Crippen LogP contribution in [0.2, 0.25) is 0 Å². The Balaban J connectivity index is 1.44. The Morgan fingerprint density at radius 3 is 2.58 bits per heavy atom. The zero-order valence-electron chi connectivity index (χ0n) is 20.7. The van der Waals surface area contributed by atoms with Crippen LogP contribution in [0.1, 0.15) is 32.8 Å². The molecule has 0 atom stereocenters. The van der Waals surface area contributed by atoms with E-state index in [1.54, 1.807) is 23.5 Å². The first-order valence-corrected chi connectivity index (χ1v) is 12.1. The summed E-state index contributed by atoms with van der Waals surface area (Å²) in [6.07, 6.45) is 7.58. The third-order valence-electron chi connectivity index (χ3n) is 5.93. The largest absolute Gasteiger partial charge is 0.444 e. The molecule has 0 bridgehead atoms. The van der Waals surface area contributed by atoms with Gasteiger partial charge in [0.1, 0.15) is 17.2 Å². The van der Waals surface area contributed by atoms with Crippen molar-refractivity contribution in [3.05, 3.63) is 84.8 Å². The minimum Gasteiger partial charge on any atom is -0.444 e. The van der Waals surface area contributed by atoms with Gasteiger partial charge in [0, 0.05) is 36.4 Å². The minimum absolute atomic E-state index is 0.269. The molecule has 5 rings (SSSR count). The Morgan fingerprint density at radius 1 is 1.00 bits per heavy atom. The fourth-order valence-electron chi connectivity index (χ4n) is 4.27. The van der Waals surface area contributed by atoms with Gasteiger partial charge in [-0.25, -0.2) is 14.8 Å². The highest BCUT2D eigenvalue weighted by atomic mass is 16.6. The van der Waals surface area contributed by atoms with Gasteiger partial charge >= 0.3 is 6.09 Å². The van der Waals surface area contributed by atoms with Gasteiger partial charge in [0.25, 0.3) is 0 Å². The standard InChI is InChI=1S/C29H29N5O2/c1-29(2,3)36-28(35)34-15-11-20(12-16-34)21-8-6-9-23(17-21)27-24-10-5-4-7-22(24)18-25(33-27)32-26-19-30-13-14-31-26/h4-11,13-14,17-19H,12,15-16H2,1-3H3,(H,31,32,33). The molecule has 1 aliphatic heterocycles. The topological polar surface area (TPSA) is 80.2 Å². The fraction of sp³-hybridized carbons (Fsp3) is 0.241. The summed E-state index contributed by atoms with van der Waals surface area (Å²) in [6.45, 7) is 6.82. The first kappa shape index (κ1) is 23.5. The number of hydrogen-bond acceptors (Lipinski definition) is 6. The van der Waals surface area contributed by atoms with E-state index in [1.807, 2.05) is 39.0 Å². The van der Waals surface area contributed by atoms with Crippen molar-refractivity contribution in [1.82, 2.24) is 19.9 Å². The van der Waals surface area contributed by atoms with Crippen molar-refractivity contribution in [2.24, 2.45) is 0 Å². The summed E-state index contributed by atoms with van der Waals surface area (Å²) in [5.41, 5.74) is 3.78. The van der Waals surface area contributed by atoms with Crippen LogP contribution in [0.15, 0.2) is 79.3 Å². The summed E-state index contributed by atoms with van der Waals surface area (Å²) in [5.74, 6) is 1.35. The van der Waals surface area contributed by atoms with Crippen LogP contribution in [-0.2, 0) is 4.74 Å². The van der Waals surface area contributed by atoms with E-state index in [1.165, 1.54) is 5.57 Å². The number of rotatable bonds is 4. The number of ether oxygens (including phenoxy) is 1. The second-order valence-electron chi connectivity index (χ2n) is 9.78. The van der Waals surface area contributed by atoms with Crippen LogP contribution >= 0.6 is 0 Å². The molecule has 3 heterocycles. The molecule has 36 heavy (non-hydrogen) atoms. The maximum absolute atomic E-state index is 12.4. The van der Waals surface area contributed by atoms with E-state index >= 15 is 0 Å². The van der Waals surface area contributed by atoms with E-state index < -0.39 is 5.60 Å². The minimum atomic E-state index is -0.498. The quantitative estimate of drug-likeness (QED) is 0.362. The lowest BCUT2D eigenvalue weighted by molar-refractivity contribution is 0.0270. The molecule has 0 unspecified atom stereocenters. The van der Waals surface area contributed by atoms with Crippen molar-refractivity contribution in [3.63, 3.8) is 0 Å². The molecular formula is C29H29N5O2. The lowest BCUT2D eigenvalue weighted by Gasteiger charge is -2.29. The second kappa shape index (κ2) is 9.77. The van der Waals surface area contributed by atoms with Crippen LogP contribution in [0.4, 0.5) is 16.4 Å². The highest BCUT2D eigenvalue weighted by molar-refractivity contribution is 5.97. The molecule has 1 aliphatic rings. The summed E-state index contributed by atoms with van der Waals surface area (Å²) in [7, 11) is 0. The Labute approximate surface area is 210 Å². The number of hydrogen-bond donors (Lipinski definition) is 1. The average molecular weight is 480 g/mol. The van der Waals surface area contributed by atoms with Gasteiger partial charge in [0.05, 0.1) is 11.9 Å². The summed E-state index contributed by atoms with van der Waals surface area (Å²) in [5, 5.41) is 5.43. The molecule has 0 spiro atoms. The third kappa shape index (κ3) is 5.35. The van der Waals surface area contributed by atoms with Gasteiger partial charge < -0.3 is 15.0 Å². The molecule has 1 amide bonds. The van der Waals surface area contributed by atoms with E-state index in [2.05, 4.69) is 57.8 Å². The Morgan fingerprint density at radius 2 is 1.83 bits per heavy atom. The zero-order chi connectivity index (χ0) is 25.1. The lowest BCUT2D eigenvalue weighted by Crippen LogP contribution is -2.39. The molecule has 0 saturated carbocycles. The number of anilines is 2. The summed E-state index contributed by atoms with van der Waals surface area (Å²) in [4.78, 5) is 27.6. The lowest BCUT2D eigenvalue weighted by atomic mass is 9.95. The zero-order valence-corrected chi connectivity index (χ0v) is 20.7. The number of nitrogens with one attached hydrogen (secondary N) is 1. The van der Waals surface area contributed by atoms with Crippen molar-refractivity contribution in [2.75, 3.05) is 18.4 Å². The maximum atomic E-state index is 12.4. The molecule has 4 aromatic rings. The molecule has 182 valence electrons. The monoisotopic (exact) mass is 479 g/mol. The number of nitrogens with zero attached hydrogens (tertiary/aromatic N) is 4. The van der Waals surface area contributed by atoms with Crippen molar-refractivity contribution in [1.29, 1.82) is 0 Å². The molecule has 2 aromatic heterocycles. The first-order valence-electron chi connectivity index (χ1n) is 12.1. The van der Waals surface area contributed by atoms with Crippen molar-refractivity contribution in [2.45, 2.75) is 32.8 Å². The van der Waals surface area contributed by atoms with Crippen LogP contribution in [0.25, 0.3) is 27.6 Å². The van der Waals surface area contributed by atoms with Gasteiger partial charge in [-0.15, -0.1) is 0 Å². The van der Waals surface area contributed by atoms with E-state index in [-0.39, 0.29) is 6.09 Å². The molecule has 7 nitrogen and oxygen atoms in total. The molecule has 0 saturated heterocycles. The predicted molar refractivity (Wildman–Crippen MR) is 143 cm³/mol. The highest BCUT2D eigenvalue weighted by Gasteiger charge is 2.24. The molecule has 7 heteroatoms. The summed E-state index contributed by atoms with van der Waals surface area (Å²) >= 11 is 0. The van der Waals surface area contributed by atoms with Crippen molar-refractivity contribution >= 4 is 34.1 Å². The van der Waals surface area contributed by atoms with Crippen LogP contribution < -0.4 is 5.32 Å². The number of aromatic nitrogens is 3. The number of benzene rings is 2. The molecular weight excluding hydrogens is 450 g/mol.